The Morgan fingerprint density at radius 2 is 1.81 bits per heavy atom. The van der Waals surface area contributed by atoms with Crippen molar-refractivity contribution >= 4 is 11.6 Å². The van der Waals surface area contributed by atoms with Gasteiger partial charge in [-0.1, -0.05) is 56.5 Å². The fourth-order valence-electron chi connectivity index (χ4n) is 3.97. The molecule has 2 aromatic carbocycles. The number of hydrogen-bond acceptors (Lipinski definition) is 2. The number of anilines is 1. The Labute approximate surface area is 163 Å². The van der Waals surface area contributed by atoms with Crippen LogP contribution in [0.15, 0.2) is 48.5 Å². The summed E-state index contributed by atoms with van der Waals surface area (Å²) in [5, 5.41) is 3.19. The molecule has 2 aromatic rings. The minimum Gasteiger partial charge on any atom is -0.490 e. The number of ether oxygens (including phenoxy) is 1. The van der Waals surface area contributed by atoms with Gasteiger partial charge in [-0.15, -0.1) is 0 Å². The van der Waals surface area contributed by atoms with Crippen LogP contribution in [0, 0.1) is 6.92 Å². The zero-order chi connectivity index (χ0) is 19.3. The molecular formula is C24H31NO2. The smallest absolute Gasteiger partial charge is 0.235 e. The number of rotatable bonds is 6. The van der Waals surface area contributed by atoms with Crippen molar-refractivity contribution in [2.45, 2.75) is 70.8 Å². The molecule has 0 aromatic heterocycles. The van der Waals surface area contributed by atoms with Gasteiger partial charge in [0.1, 0.15) is 5.75 Å². The third-order valence-corrected chi connectivity index (χ3v) is 5.80. The molecule has 144 valence electrons. The van der Waals surface area contributed by atoms with E-state index < -0.39 is 5.41 Å². The monoisotopic (exact) mass is 365 g/mol. The van der Waals surface area contributed by atoms with Crippen LogP contribution >= 0.6 is 0 Å². The largest absolute Gasteiger partial charge is 0.490 e. The highest BCUT2D eigenvalue weighted by atomic mass is 16.5. The molecular weight excluding hydrogens is 334 g/mol. The highest BCUT2D eigenvalue weighted by Crippen LogP contribution is 2.40. The lowest BCUT2D eigenvalue weighted by atomic mass is 9.68. The standard InChI is InChI=1S/C24H31NO2/c1-4-19(3)27-22-14-13-21(17-18(22)2)25-23(26)24(15-9-6-10-16-24)20-11-7-5-8-12-20/h5,7-8,11-14,17,19H,4,6,9-10,15-16H2,1-3H3,(H,25,26)/t19-/m0/s1. The maximum atomic E-state index is 13.4. The zero-order valence-corrected chi connectivity index (χ0v) is 16.8. The van der Waals surface area contributed by atoms with Gasteiger partial charge in [0.15, 0.2) is 0 Å². The van der Waals surface area contributed by atoms with Gasteiger partial charge in [0, 0.05) is 5.69 Å². The maximum absolute atomic E-state index is 13.4. The number of benzene rings is 2. The van der Waals surface area contributed by atoms with E-state index in [0.29, 0.717) is 0 Å². The number of hydrogen-bond donors (Lipinski definition) is 1. The molecule has 3 heteroatoms. The fourth-order valence-corrected chi connectivity index (χ4v) is 3.97. The van der Waals surface area contributed by atoms with E-state index in [1.807, 2.05) is 43.3 Å². The van der Waals surface area contributed by atoms with Crippen LogP contribution in [0.5, 0.6) is 5.75 Å². The summed E-state index contributed by atoms with van der Waals surface area (Å²) in [6, 6.07) is 16.2. The van der Waals surface area contributed by atoms with E-state index in [1.165, 1.54) is 6.42 Å². The predicted molar refractivity (Wildman–Crippen MR) is 111 cm³/mol. The van der Waals surface area contributed by atoms with Gasteiger partial charge in [-0.05, 0) is 62.4 Å². The molecule has 0 bridgehead atoms. The first-order valence-corrected chi connectivity index (χ1v) is 10.2. The molecule has 0 unspecified atom stereocenters. The van der Waals surface area contributed by atoms with Crippen LogP contribution in [0.4, 0.5) is 5.69 Å². The molecule has 0 heterocycles. The van der Waals surface area contributed by atoms with Crippen molar-refractivity contribution in [1.29, 1.82) is 0 Å². The van der Waals surface area contributed by atoms with Gasteiger partial charge >= 0.3 is 0 Å². The van der Waals surface area contributed by atoms with Gasteiger partial charge < -0.3 is 10.1 Å². The number of aryl methyl sites for hydroxylation is 1. The summed E-state index contributed by atoms with van der Waals surface area (Å²) in [4.78, 5) is 13.4. The molecule has 1 aliphatic rings. The van der Waals surface area contributed by atoms with Gasteiger partial charge in [0.2, 0.25) is 5.91 Å². The lowest BCUT2D eigenvalue weighted by Gasteiger charge is -2.36. The van der Waals surface area contributed by atoms with Gasteiger partial charge in [-0.25, -0.2) is 0 Å². The fraction of sp³-hybridized carbons (Fsp3) is 0.458. The Bertz CT molecular complexity index is 763. The molecule has 1 saturated carbocycles. The molecule has 1 aliphatic carbocycles. The Kier molecular flexibility index (Phi) is 6.20. The van der Waals surface area contributed by atoms with Gasteiger partial charge in [0.05, 0.1) is 11.5 Å². The van der Waals surface area contributed by atoms with Gasteiger partial charge in [-0.3, -0.25) is 4.79 Å². The summed E-state index contributed by atoms with van der Waals surface area (Å²) in [6.45, 7) is 6.21. The first-order valence-electron chi connectivity index (χ1n) is 10.2. The Morgan fingerprint density at radius 1 is 1.11 bits per heavy atom. The van der Waals surface area contributed by atoms with E-state index in [9.17, 15) is 4.79 Å². The van der Waals surface area contributed by atoms with Gasteiger partial charge in [-0.2, -0.15) is 0 Å². The van der Waals surface area contributed by atoms with Crippen molar-refractivity contribution in [2.24, 2.45) is 0 Å². The lowest BCUT2D eigenvalue weighted by molar-refractivity contribution is -0.122. The summed E-state index contributed by atoms with van der Waals surface area (Å²) in [5.41, 5.74) is 2.61. The second kappa shape index (κ2) is 8.60. The summed E-state index contributed by atoms with van der Waals surface area (Å²) in [5.74, 6) is 1.00. The molecule has 1 amide bonds. The van der Waals surface area contributed by atoms with E-state index in [0.717, 1.165) is 54.7 Å². The third kappa shape index (κ3) is 4.35. The van der Waals surface area contributed by atoms with E-state index >= 15 is 0 Å². The van der Waals surface area contributed by atoms with E-state index in [4.69, 9.17) is 4.74 Å². The maximum Gasteiger partial charge on any atom is 0.235 e. The average molecular weight is 366 g/mol. The second-order valence-corrected chi connectivity index (χ2v) is 7.78. The van der Waals surface area contributed by atoms with E-state index in [1.54, 1.807) is 0 Å². The Balaban J connectivity index is 1.81. The summed E-state index contributed by atoms with van der Waals surface area (Å²) in [6.07, 6.45) is 6.40. The molecule has 0 radical (unpaired) electrons. The minimum absolute atomic E-state index is 0.114. The Hall–Kier alpha value is -2.29. The van der Waals surface area contributed by atoms with Crippen LogP contribution in [0.2, 0.25) is 0 Å². The molecule has 1 N–H and O–H groups in total. The third-order valence-electron chi connectivity index (χ3n) is 5.80. The zero-order valence-electron chi connectivity index (χ0n) is 16.8. The predicted octanol–water partition coefficient (Wildman–Crippen LogP) is 6.01. The Morgan fingerprint density at radius 3 is 2.44 bits per heavy atom. The van der Waals surface area contributed by atoms with Crippen LogP contribution in [-0.2, 0) is 10.2 Å². The number of amides is 1. The highest BCUT2D eigenvalue weighted by Gasteiger charge is 2.41. The van der Waals surface area contributed by atoms with Crippen LogP contribution < -0.4 is 10.1 Å². The average Bonchev–Trinajstić information content (AvgIpc) is 2.71. The number of nitrogens with one attached hydrogen (secondary N) is 1. The van der Waals surface area contributed by atoms with Crippen LogP contribution in [0.1, 0.15) is 63.5 Å². The van der Waals surface area contributed by atoms with Crippen molar-refractivity contribution in [3.8, 4) is 5.75 Å². The normalized spacial score (nSPS) is 17.1. The quantitative estimate of drug-likeness (QED) is 0.680. The summed E-state index contributed by atoms with van der Waals surface area (Å²) in [7, 11) is 0. The van der Waals surface area contributed by atoms with E-state index in [2.05, 4.69) is 31.3 Å². The lowest BCUT2D eigenvalue weighted by Crippen LogP contribution is -2.42. The van der Waals surface area contributed by atoms with Crippen molar-refractivity contribution in [3.63, 3.8) is 0 Å². The van der Waals surface area contributed by atoms with Crippen molar-refractivity contribution < 1.29 is 9.53 Å². The molecule has 0 saturated heterocycles. The molecule has 1 fully saturated rings. The molecule has 0 spiro atoms. The molecule has 3 rings (SSSR count). The topological polar surface area (TPSA) is 38.3 Å². The van der Waals surface area contributed by atoms with Crippen LogP contribution in [0.25, 0.3) is 0 Å². The number of carbonyl (C=O) groups is 1. The first-order chi connectivity index (χ1) is 13.0. The second-order valence-electron chi connectivity index (χ2n) is 7.78. The van der Waals surface area contributed by atoms with E-state index in [-0.39, 0.29) is 12.0 Å². The van der Waals surface area contributed by atoms with Crippen LogP contribution in [-0.4, -0.2) is 12.0 Å². The first kappa shape index (κ1) is 19.5. The van der Waals surface area contributed by atoms with Crippen molar-refractivity contribution in [2.75, 3.05) is 5.32 Å². The van der Waals surface area contributed by atoms with Crippen molar-refractivity contribution in [3.05, 3.63) is 59.7 Å². The summed E-state index contributed by atoms with van der Waals surface area (Å²) < 4.78 is 5.95. The molecule has 27 heavy (non-hydrogen) atoms. The summed E-state index contributed by atoms with van der Waals surface area (Å²) >= 11 is 0. The van der Waals surface area contributed by atoms with Crippen LogP contribution in [0.3, 0.4) is 0 Å². The molecule has 3 nitrogen and oxygen atoms in total. The van der Waals surface area contributed by atoms with Gasteiger partial charge in [0.25, 0.3) is 0 Å². The molecule has 0 aliphatic heterocycles. The highest BCUT2D eigenvalue weighted by molar-refractivity contribution is 5.99. The van der Waals surface area contributed by atoms with Crippen molar-refractivity contribution in [1.82, 2.24) is 0 Å². The SMILES string of the molecule is CC[C@H](C)Oc1ccc(NC(=O)C2(c3ccccc3)CCCCC2)cc1C. The minimum atomic E-state index is -0.417. The number of carbonyl (C=O) groups excluding carboxylic acids is 1. The molecule has 1 atom stereocenters.